The van der Waals surface area contributed by atoms with Crippen LogP contribution in [0.15, 0.2) is 0 Å². The van der Waals surface area contributed by atoms with Crippen molar-refractivity contribution in [3.05, 3.63) is 0 Å². The molecule has 0 aliphatic carbocycles. The quantitative estimate of drug-likeness (QED) is 0.713. The third-order valence-corrected chi connectivity index (χ3v) is 3.08. The lowest BCUT2D eigenvalue weighted by Crippen LogP contribution is -2.40. The summed E-state index contributed by atoms with van der Waals surface area (Å²) in [7, 11) is 0. The number of hydrogen-bond donors (Lipinski definition) is 1. The minimum atomic E-state index is 0. The first kappa shape index (κ1) is 11.8. The summed E-state index contributed by atoms with van der Waals surface area (Å²) >= 11 is 0. The van der Waals surface area contributed by atoms with Gasteiger partial charge in [-0.3, -0.25) is 4.79 Å². The van der Waals surface area contributed by atoms with Crippen LogP contribution in [0.5, 0.6) is 0 Å². The van der Waals surface area contributed by atoms with Crippen molar-refractivity contribution in [2.24, 2.45) is 5.92 Å². The molecule has 2 saturated heterocycles. The molecule has 0 aromatic heterocycles. The molecular weight excluding hydrogens is 200 g/mol. The van der Waals surface area contributed by atoms with Gasteiger partial charge in [0.15, 0.2) is 0 Å². The molecule has 14 heavy (non-hydrogen) atoms. The second kappa shape index (κ2) is 5.56. The van der Waals surface area contributed by atoms with Crippen LogP contribution < -0.4 is 5.32 Å². The predicted octanol–water partition coefficient (Wildman–Crippen LogP) is 1.03. The summed E-state index contributed by atoms with van der Waals surface area (Å²) in [5.41, 5.74) is 0. The fourth-order valence-electron chi connectivity index (χ4n) is 2.24. The number of piperidine rings is 1. The van der Waals surface area contributed by atoms with E-state index in [1.54, 1.807) is 0 Å². The van der Waals surface area contributed by atoms with Gasteiger partial charge >= 0.3 is 0 Å². The van der Waals surface area contributed by atoms with Gasteiger partial charge in [0.1, 0.15) is 0 Å². The second-order valence-corrected chi connectivity index (χ2v) is 4.08. The van der Waals surface area contributed by atoms with Crippen LogP contribution in [0.1, 0.15) is 25.7 Å². The van der Waals surface area contributed by atoms with Crippen molar-refractivity contribution in [3.8, 4) is 0 Å². The summed E-state index contributed by atoms with van der Waals surface area (Å²) in [6.07, 6.45) is 4.74. The van der Waals surface area contributed by atoms with Crippen LogP contribution in [0.2, 0.25) is 0 Å². The third-order valence-electron chi connectivity index (χ3n) is 3.08. The number of carbonyl (C=O) groups is 1. The third kappa shape index (κ3) is 2.61. The van der Waals surface area contributed by atoms with Crippen LogP contribution in [0, 0.1) is 5.92 Å². The molecule has 2 heterocycles. The Kier molecular flexibility index (Phi) is 4.69. The average molecular weight is 219 g/mol. The van der Waals surface area contributed by atoms with E-state index >= 15 is 0 Å². The molecule has 0 aromatic carbocycles. The highest BCUT2D eigenvalue weighted by atomic mass is 35.5. The van der Waals surface area contributed by atoms with Crippen molar-refractivity contribution >= 4 is 18.3 Å². The molecule has 1 amide bonds. The van der Waals surface area contributed by atoms with Crippen molar-refractivity contribution in [1.82, 2.24) is 10.2 Å². The zero-order valence-corrected chi connectivity index (χ0v) is 9.31. The summed E-state index contributed by atoms with van der Waals surface area (Å²) in [6, 6.07) is 0. The highest BCUT2D eigenvalue weighted by Crippen LogP contribution is 2.16. The molecule has 0 bridgehead atoms. The second-order valence-electron chi connectivity index (χ2n) is 4.08. The molecular formula is C10H19ClN2O. The van der Waals surface area contributed by atoms with E-state index in [2.05, 4.69) is 10.2 Å². The molecule has 0 spiro atoms. The monoisotopic (exact) mass is 218 g/mol. The van der Waals surface area contributed by atoms with E-state index in [1.165, 1.54) is 19.3 Å². The van der Waals surface area contributed by atoms with Crippen molar-refractivity contribution < 1.29 is 4.79 Å². The maximum Gasteiger partial charge on any atom is 0.227 e. The molecule has 2 fully saturated rings. The summed E-state index contributed by atoms with van der Waals surface area (Å²) in [4.78, 5) is 13.9. The van der Waals surface area contributed by atoms with Gasteiger partial charge in [-0.25, -0.2) is 0 Å². The molecule has 1 atom stereocenters. The molecule has 82 valence electrons. The number of hydrogen-bond acceptors (Lipinski definition) is 2. The minimum absolute atomic E-state index is 0. The first-order valence-electron chi connectivity index (χ1n) is 5.37. The normalized spacial score (nSPS) is 27.1. The van der Waals surface area contributed by atoms with Gasteiger partial charge in [-0.15, -0.1) is 12.4 Å². The Morgan fingerprint density at radius 3 is 2.50 bits per heavy atom. The molecule has 4 heteroatoms. The van der Waals surface area contributed by atoms with E-state index in [1.807, 2.05) is 0 Å². The standard InChI is InChI=1S/C10H18N2O.ClH/c13-10(9-4-5-11-8-9)12-6-2-1-3-7-12;/h9,11H,1-8H2;1H/t9-;/m1./s1. The van der Waals surface area contributed by atoms with E-state index in [0.29, 0.717) is 5.91 Å². The van der Waals surface area contributed by atoms with E-state index in [9.17, 15) is 4.79 Å². The van der Waals surface area contributed by atoms with Crippen LogP contribution in [-0.4, -0.2) is 37.0 Å². The van der Waals surface area contributed by atoms with Gasteiger partial charge in [-0.2, -0.15) is 0 Å². The lowest BCUT2D eigenvalue weighted by atomic mass is 10.0. The molecule has 0 aromatic rings. The van der Waals surface area contributed by atoms with Gasteiger partial charge in [-0.05, 0) is 32.2 Å². The fourth-order valence-corrected chi connectivity index (χ4v) is 2.24. The van der Waals surface area contributed by atoms with Crippen molar-refractivity contribution in [3.63, 3.8) is 0 Å². The van der Waals surface area contributed by atoms with Crippen LogP contribution in [-0.2, 0) is 4.79 Å². The van der Waals surface area contributed by atoms with Crippen molar-refractivity contribution in [2.75, 3.05) is 26.2 Å². The summed E-state index contributed by atoms with van der Waals surface area (Å²) in [6.45, 7) is 3.91. The largest absolute Gasteiger partial charge is 0.342 e. The maximum atomic E-state index is 11.9. The van der Waals surface area contributed by atoms with Gasteiger partial charge in [-0.1, -0.05) is 0 Å². The molecule has 0 saturated carbocycles. The number of nitrogens with one attached hydrogen (secondary N) is 1. The Balaban J connectivity index is 0.000000980. The maximum absolute atomic E-state index is 11.9. The van der Waals surface area contributed by atoms with Gasteiger partial charge in [0.25, 0.3) is 0 Å². The Hall–Kier alpha value is -0.280. The topological polar surface area (TPSA) is 32.3 Å². The molecule has 2 aliphatic rings. The molecule has 2 aliphatic heterocycles. The number of nitrogens with zero attached hydrogens (tertiary/aromatic N) is 1. The fraction of sp³-hybridized carbons (Fsp3) is 0.900. The Morgan fingerprint density at radius 2 is 1.93 bits per heavy atom. The molecule has 2 rings (SSSR count). The number of halogens is 1. The Morgan fingerprint density at radius 1 is 1.21 bits per heavy atom. The minimum Gasteiger partial charge on any atom is -0.342 e. The SMILES string of the molecule is Cl.O=C([C@@H]1CCNC1)N1CCCCC1. The average Bonchev–Trinajstić information content (AvgIpc) is 2.71. The van der Waals surface area contributed by atoms with Gasteiger partial charge < -0.3 is 10.2 Å². The first-order valence-corrected chi connectivity index (χ1v) is 5.37. The molecule has 3 nitrogen and oxygen atoms in total. The summed E-state index contributed by atoms with van der Waals surface area (Å²) < 4.78 is 0. The summed E-state index contributed by atoms with van der Waals surface area (Å²) in [5.74, 6) is 0.669. The van der Waals surface area contributed by atoms with Crippen molar-refractivity contribution in [2.45, 2.75) is 25.7 Å². The van der Waals surface area contributed by atoms with E-state index < -0.39 is 0 Å². The Bertz CT molecular complexity index is 187. The lowest BCUT2D eigenvalue weighted by molar-refractivity contribution is -0.135. The number of rotatable bonds is 1. The lowest BCUT2D eigenvalue weighted by Gasteiger charge is -2.28. The van der Waals surface area contributed by atoms with E-state index in [0.717, 1.165) is 32.6 Å². The Labute approximate surface area is 91.6 Å². The molecule has 0 radical (unpaired) electrons. The molecule has 0 unspecified atom stereocenters. The molecule has 1 N–H and O–H groups in total. The highest BCUT2D eigenvalue weighted by molar-refractivity contribution is 5.85. The van der Waals surface area contributed by atoms with Crippen LogP contribution in [0.4, 0.5) is 0 Å². The van der Waals surface area contributed by atoms with Gasteiger partial charge in [0.05, 0.1) is 5.92 Å². The van der Waals surface area contributed by atoms with Gasteiger partial charge in [0, 0.05) is 19.6 Å². The van der Waals surface area contributed by atoms with Crippen LogP contribution in [0.25, 0.3) is 0 Å². The van der Waals surface area contributed by atoms with E-state index in [4.69, 9.17) is 0 Å². The highest BCUT2D eigenvalue weighted by Gasteiger charge is 2.27. The zero-order chi connectivity index (χ0) is 9.10. The van der Waals surface area contributed by atoms with Crippen LogP contribution in [0.3, 0.4) is 0 Å². The number of likely N-dealkylation sites (tertiary alicyclic amines) is 1. The predicted molar refractivity (Wildman–Crippen MR) is 58.7 cm³/mol. The van der Waals surface area contributed by atoms with E-state index in [-0.39, 0.29) is 18.3 Å². The number of amides is 1. The number of carbonyl (C=O) groups excluding carboxylic acids is 1. The van der Waals surface area contributed by atoms with Crippen molar-refractivity contribution in [1.29, 1.82) is 0 Å². The van der Waals surface area contributed by atoms with Crippen LogP contribution >= 0.6 is 12.4 Å². The van der Waals surface area contributed by atoms with Gasteiger partial charge in [0.2, 0.25) is 5.91 Å². The first-order chi connectivity index (χ1) is 6.38. The summed E-state index contributed by atoms with van der Waals surface area (Å²) in [5, 5.41) is 3.24. The zero-order valence-electron chi connectivity index (χ0n) is 8.50. The smallest absolute Gasteiger partial charge is 0.227 e.